The number of aromatic nitrogens is 1. The van der Waals surface area contributed by atoms with E-state index in [2.05, 4.69) is 20.8 Å². The van der Waals surface area contributed by atoms with E-state index in [4.69, 9.17) is 9.84 Å². The topological polar surface area (TPSA) is 50.4 Å². The predicted molar refractivity (Wildman–Crippen MR) is 91.3 cm³/mol. The minimum absolute atomic E-state index is 0.0581. The zero-order valence-corrected chi connectivity index (χ0v) is 15.6. The van der Waals surface area contributed by atoms with Gasteiger partial charge >= 0.3 is 5.97 Å². The first kappa shape index (κ1) is 18.4. The molecule has 5 heteroatoms. The Kier molecular flexibility index (Phi) is 6.60. The second-order valence-corrected chi connectivity index (χ2v) is 8.13. The number of aliphatic hydroxyl groups excluding tert-OH is 1. The quantitative estimate of drug-likeness (QED) is 0.640. The fraction of sp³-hybridized carbons (Fsp3) is 0.778. The molecule has 0 aromatic carbocycles. The van der Waals surface area contributed by atoms with Crippen molar-refractivity contribution in [3.05, 3.63) is 16.1 Å². The van der Waals surface area contributed by atoms with Crippen LogP contribution >= 0.6 is 11.3 Å². The summed E-state index contributed by atoms with van der Waals surface area (Å²) in [5.74, 6) is 1.52. The van der Waals surface area contributed by atoms with Gasteiger partial charge in [-0.25, -0.2) is 4.79 Å². The van der Waals surface area contributed by atoms with Gasteiger partial charge < -0.3 is 9.84 Å². The lowest BCUT2D eigenvalue weighted by Gasteiger charge is -2.36. The fourth-order valence-electron chi connectivity index (χ4n) is 3.54. The maximum atomic E-state index is 12.4. The smallest absolute Gasteiger partial charge is 0.373 e. The molecule has 1 saturated carbocycles. The number of aliphatic hydroxyl groups is 1. The van der Waals surface area contributed by atoms with Gasteiger partial charge in [0.05, 0.1) is 4.88 Å². The third-order valence-electron chi connectivity index (χ3n) is 5.04. The van der Waals surface area contributed by atoms with Crippen molar-refractivity contribution < 1.29 is 19.2 Å². The molecule has 1 fully saturated rings. The molecular weight excluding hydrogens is 310 g/mol. The van der Waals surface area contributed by atoms with Crippen molar-refractivity contribution in [3.8, 4) is 0 Å². The number of hydrogen-bond donors (Lipinski definition) is 1. The maximum Gasteiger partial charge on any atom is 0.373 e. The molecule has 1 aromatic heterocycles. The van der Waals surface area contributed by atoms with E-state index in [9.17, 15) is 4.79 Å². The van der Waals surface area contributed by atoms with E-state index in [0.29, 0.717) is 24.2 Å². The van der Waals surface area contributed by atoms with Gasteiger partial charge in [-0.15, -0.1) is 0 Å². The first-order chi connectivity index (χ1) is 10.9. The number of hydrogen-bond acceptors (Lipinski definition) is 4. The van der Waals surface area contributed by atoms with Crippen LogP contribution in [0.3, 0.4) is 0 Å². The van der Waals surface area contributed by atoms with Crippen LogP contribution in [0.25, 0.3) is 0 Å². The minimum Gasteiger partial charge on any atom is -0.457 e. The van der Waals surface area contributed by atoms with Crippen molar-refractivity contribution in [1.82, 2.24) is 0 Å². The molecule has 1 aliphatic rings. The number of ether oxygens (including phenoxy) is 1. The van der Waals surface area contributed by atoms with Crippen LogP contribution in [0.4, 0.5) is 0 Å². The van der Waals surface area contributed by atoms with Crippen LogP contribution in [0.2, 0.25) is 0 Å². The number of rotatable bonds is 6. The zero-order chi connectivity index (χ0) is 17.0. The second-order valence-electron chi connectivity index (χ2n) is 7.19. The van der Waals surface area contributed by atoms with Gasteiger partial charge in [-0.05, 0) is 30.6 Å². The molecule has 23 heavy (non-hydrogen) atoms. The monoisotopic (exact) mass is 340 g/mol. The average Bonchev–Trinajstić information content (AvgIpc) is 2.80. The van der Waals surface area contributed by atoms with Crippen molar-refractivity contribution >= 4 is 17.3 Å². The van der Waals surface area contributed by atoms with E-state index >= 15 is 0 Å². The molecule has 1 N–H and O–H groups in total. The van der Waals surface area contributed by atoms with E-state index in [1.165, 1.54) is 6.42 Å². The van der Waals surface area contributed by atoms with Gasteiger partial charge in [0.25, 0.3) is 0 Å². The molecule has 0 radical (unpaired) electrons. The molecule has 1 heterocycles. The fourth-order valence-corrected chi connectivity index (χ4v) is 4.53. The molecular formula is C18H30NO3S+. The van der Waals surface area contributed by atoms with Crippen molar-refractivity contribution in [3.63, 3.8) is 0 Å². The highest BCUT2D eigenvalue weighted by Gasteiger charge is 2.34. The first-order valence-corrected chi connectivity index (χ1v) is 9.57. The highest BCUT2D eigenvalue weighted by molar-refractivity contribution is 7.09. The molecule has 2 rings (SSSR count). The normalized spacial score (nSPS) is 24.9. The Labute approximate surface area is 143 Å². The zero-order valence-electron chi connectivity index (χ0n) is 14.7. The summed E-state index contributed by atoms with van der Waals surface area (Å²) in [5.41, 5.74) is 3.00. The van der Waals surface area contributed by atoms with E-state index < -0.39 is 0 Å². The van der Waals surface area contributed by atoms with Crippen LogP contribution in [0.5, 0.6) is 0 Å². The molecule has 0 bridgehead atoms. The van der Waals surface area contributed by atoms with Gasteiger partial charge in [0.2, 0.25) is 12.1 Å². The largest absolute Gasteiger partial charge is 0.457 e. The Morgan fingerprint density at radius 3 is 2.87 bits per heavy atom. The predicted octanol–water partition coefficient (Wildman–Crippen LogP) is 2.88. The average molecular weight is 341 g/mol. The van der Waals surface area contributed by atoms with Crippen molar-refractivity contribution in [2.75, 3.05) is 6.61 Å². The highest BCUT2D eigenvalue weighted by Crippen LogP contribution is 2.35. The third-order valence-corrected chi connectivity index (χ3v) is 6.18. The molecule has 0 aliphatic heterocycles. The number of esters is 1. The first-order valence-electron chi connectivity index (χ1n) is 8.69. The lowest BCUT2D eigenvalue weighted by molar-refractivity contribution is -0.687. The molecule has 0 unspecified atom stereocenters. The van der Waals surface area contributed by atoms with E-state index in [-0.39, 0.29) is 25.2 Å². The molecule has 4 nitrogen and oxygen atoms in total. The minimum atomic E-state index is -0.142. The third kappa shape index (κ3) is 4.77. The molecule has 0 spiro atoms. The number of carbonyl (C=O) groups is 1. The molecule has 1 aliphatic carbocycles. The standard InChI is InChI=1S/C18H30NO3S/c1-12(2)15-6-5-13(3)9-16(15)22-18(21)10-19-11-23-17(7-8-20)14(19)4/h11-13,15-16,20H,5-10H2,1-4H3/q+1/t13-,15-,16-/m1/s1. The van der Waals surface area contributed by atoms with Crippen LogP contribution in [-0.4, -0.2) is 23.8 Å². The van der Waals surface area contributed by atoms with Gasteiger partial charge in [-0.1, -0.05) is 38.5 Å². The number of thiazole rings is 1. The van der Waals surface area contributed by atoms with Gasteiger partial charge in [-0.3, -0.25) is 0 Å². The van der Waals surface area contributed by atoms with Gasteiger partial charge in [-0.2, -0.15) is 4.57 Å². The summed E-state index contributed by atoms with van der Waals surface area (Å²) in [6.07, 6.45) is 4.08. The molecule has 0 amide bonds. The molecule has 1 aromatic rings. The van der Waals surface area contributed by atoms with E-state index in [0.717, 1.165) is 23.4 Å². The Morgan fingerprint density at radius 2 is 2.22 bits per heavy atom. The van der Waals surface area contributed by atoms with Crippen LogP contribution in [-0.2, 0) is 22.5 Å². The summed E-state index contributed by atoms with van der Waals surface area (Å²) in [7, 11) is 0. The summed E-state index contributed by atoms with van der Waals surface area (Å²) in [6, 6.07) is 0. The summed E-state index contributed by atoms with van der Waals surface area (Å²) in [6.45, 7) is 9.09. The second kappa shape index (κ2) is 8.25. The Bertz CT molecular complexity index is 526. The van der Waals surface area contributed by atoms with Gasteiger partial charge in [0.1, 0.15) is 6.10 Å². The summed E-state index contributed by atoms with van der Waals surface area (Å²) in [5, 5.41) is 9.06. The number of nitrogens with zero attached hydrogens (tertiary/aromatic N) is 1. The van der Waals surface area contributed by atoms with Crippen molar-refractivity contribution in [2.45, 2.75) is 66.0 Å². The van der Waals surface area contributed by atoms with Crippen LogP contribution in [0.15, 0.2) is 5.51 Å². The molecule has 3 atom stereocenters. The number of carbonyl (C=O) groups excluding carboxylic acids is 1. The Balaban J connectivity index is 1.97. The van der Waals surface area contributed by atoms with Crippen molar-refractivity contribution in [2.24, 2.45) is 17.8 Å². The Hall–Kier alpha value is -0.940. The van der Waals surface area contributed by atoms with Crippen LogP contribution < -0.4 is 4.57 Å². The summed E-state index contributed by atoms with van der Waals surface area (Å²) >= 11 is 1.59. The van der Waals surface area contributed by atoms with Crippen molar-refractivity contribution in [1.29, 1.82) is 0 Å². The van der Waals surface area contributed by atoms with Gasteiger partial charge in [0.15, 0.2) is 5.69 Å². The Morgan fingerprint density at radius 1 is 1.48 bits per heavy atom. The molecule has 0 saturated heterocycles. The van der Waals surface area contributed by atoms with Crippen LogP contribution in [0, 0.1) is 24.7 Å². The summed E-state index contributed by atoms with van der Waals surface area (Å²) in [4.78, 5) is 13.5. The summed E-state index contributed by atoms with van der Waals surface area (Å²) < 4.78 is 7.80. The SMILES string of the molecule is Cc1c(CCO)sc[n+]1CC(=O)O[C@@H]1C[C@H](C)CC[C@@H]1C(C)C. The van der Waals surface area contributed by atoms with E-state index in [1.807, 2.05) is 17.0 Å². The van der Waals surface area contributed by atoms with E-state index in [1.54, 1.807) is 11.3 Å². The highest BCUT2D eigenvalue weighted by atomic mass is 32.1. The molecule has 130 valence electrons. The lowest BCUT2D eigenvalue weighted by Crippen LogP contribution is -2.43. The maximum absolute atomic E-state index is 12.4. The van der Waals surface area contributed by atoms with Gasteiger partial charge in [0, 0.05) is 20.0 Å². The lowest BCUT2D eigenvalue weighted by atomic mass is 9.75. The van der Waals surface area contributed by atoms with Crippen LogP contribution in [0.1, 0.15) is 50.6 Å².